The van der Waals surface area contributed by atoms with Gasteiger partial charge in [0.2, 0.25) is 0 Å². The lowest BCUT2D eigenvalue weighted by Gasteiger charge is -2.21. The largest absolute Gasteiger partial charge is 0.497 e. The molecule has 2 aromatic carbocycles. The van der Waals surface area contributed by atoms with Crippen LogP contribution < -0.4 is 15.2 Å². The molecule has 0 fully saturated rings. The molecule has 0 saturated heterocycles. The fraction of sp³-hybridized carbons (Fsp3) is 0.368. The minimum absolute atomic E-state index is 0.122. The van der Waals surface area contributed by atoms with E-state index in [0.717, 1.165) is 22.6 Å². The van der Waals surface area contributed by atoms with Crippen LogP contribution in [0.3, 0.4) is 0 Å². The quantitative estimate of drug-likeness (QED) is 0.912. The lowest BCUT2D eigenvalue weighted by Crippen LogP contribution is -2.17. The van der Waals surface area contributed by atoms with Crippen LogP contribution in [0.4, 0.5) is 0 Å². The van der Waals surface area contributed by atoms with E-state index in [4.69, 9.17) is 9.47 Å². The predicted molar refractivity (Wildman–Crippen MR) is 93.5 cm³/mol. The standard InChI is InChI=1S/C18H22O2.CH5N/c1-18(2,3)13-20-17-12-15(19-4)10-11-16(17)14-8-6-5-7-9-14;1-2/h5-12H,13H2,1-4H3;2H2,1H3. The number of ether oxygens (including phenoxy) is 2. The highest BCUT2D eigenvalue weighted by atomic mass is 16.5. The molecule has 120 valence electrons. The van der Waals surface area contributed by atoms with Crippen LogP contribution in [-0.4, -0.2) is 20.8 Å². The minimum Gasteiger partial charge on any atom is -0.497 e. The van der Waals surface area contributed by atoms with Crippen molar-refractivity contribution >= 4 is 0 Å². The number of hydrogen-bond donors (Lipinski definition) is 1. The Morgan fingerprint density at radius 3 is 2.14 bits per heavy atom. The maximum Gasteiger partial charge on any atom is 0.130 e. The third kappa shape index (κ3) is 5.41. The predicted octanol–water partition coefficient (Wildman–Crippen LogP) is 4.36. The molecular weight excluding hydrogens is 274 g/mol. The van der Waals surface area contributed by atoms with Gasteiger partial charge in [0.05, 0.1) is 13.7 Å². The maximum atomic E-state index is 6.02. The van der Waals surface area contributed by atoms with Gasteiger partial charge in [-0.15, -0.1) is 0 Å². The lowest BCUT2D eigenvalue weighted by atomic mass is 9.98. The fourth-order valence-corrected chi connectivity index (χ4v) is 1.90. The zero-order chi connectivity index (χ0) is 16.6. The van der Waals surface area contributed by atoms with Gasteiger partial charge >= 0.3 is 0 Å². The topological polar surface area (TPSA) is 44.5 Å². The zero-order valence-electron chi connectivity index (χ0n) is 14.2. The molecule has 0 spiro atoms. The van der Waals surface area contributed by atoms with Gasteiger partial charge in [-0.25, -0.2) is 0 Å². The second-order valence-electron chi connectivity index (χ2n) is 6.08. The Hall–Kier alpha value is -2.00. The van der Waals surface area contributed by atoms with Crippen molar-refractivity contribution in [2.75, 3.05) is 20.8 Å². The molecule has 3 heteroatoms. The third-order valence-corrected chi connectivity index (χ3v) is 2.93. The van der Waals surface area contributed by atoms with Crippen molar-refractivity contribution in [3.8, 4) is 22.6 Å². The smallest absolute Gasteiger partial charge is 0.130 e. The number of benzene rings is 2. The number of methoxy groups -OCH3 is 1. The van der Waals surface area contributed by atoms with E-state index in [1.807, 2.05) is 36.4 Å². The molecule has 0 amide bonds. The zero-order valence-corrected chi connectivity index (χ0v) is 14.2. The first-order chi connectivity index (χ1) is 10.5. The molecule has 22 heavy (non-hydrogen) atoms. The Bertz CT molecular complexity index is 559. The van der Waals surface area contributed by atoms with Gasteiger partial charge in [-0.1, -0.05) is 51.1 Å². The molecule has 0 aromatic heterocycles. The van der Waals surface area contributed by atoms with E-state index in [9.17, 15) is 0 Å². The summed E-state index contributed by atoms with van der Waals surface area (Å²) in [4.78, 5) is 0. The average Bonchev–Trinajstić information content (AvgIpc) is 2.54. The summed E-state index contributed by atoms with van der Waals surface area (Å²) in [6.45, 7) is 7.15. The van der Waals surface area contributed by atoms with Crippen molar-refractivity contribution in [1.29, 1.82) is 0 Å². The molecule has 0 unspecified atom stereocenters. The van der Waals surface area contributed by atoms with E-state index in [2.05, 4.69) is 38.6 Å². The summed E-state index contributed by atoms with van der Waals surface area (Å²) in [7, 11) is 3.17. The minimum atomic E-state index is 0.122. The van der Waals surface area contributed by atoms with E-state index in [1.54, 1.807) is 7.11 Å². The van der Waals surface area contributed by atoms with E-state index >= 15 is 0 Å². The van der Waals surface area contributed by atoms with Crippen molar-refractivity contribution in [2.45, 2.75) is 20.8 Å². The van der Waals surface area contributed by atoms with Crippen LogP contribution in [0.5, 0.6) is 11.5 Å². The number of nitrogens with two attached hydrogens (primary N) is 1. The summed E-state index contributed by atoms with van der Waals surface area (Å²) < 4.78 is 11.3. The average molecular weight is 301 g/mol. The fourth-order valence-electron chi connectivity index (χ4n) is 1.90. The molecule has 0 aliphatic carbocycles. The second-order valence-corrected chi connectivity index (χ2v) is 6.08. The second kappa shape index (κ2) is 8.44. The molecule has 0 aliphatic heterocycles. The number of rotatable bonds is 4. The first-order valence-electron chi connectivity index (χ1n) is 7.43. The molecule has 0 atom stereocenters. The highest BCUT2D eigenvalue weighted by molar-refractivity contribution is 5.71. The molecule has 2 aromatic rings. The van der Waals surface area contributed by atoms with Crippen LogP contribution in [0.25, 0.3) is 11.1 Å². The molecule has 2 rings (SSSR count). The van der Waals surface area contributed by atoms with Gasteiger partial charge in [-0.05, 0) is 30.2 Å². The van der Waals surface area contributed by atoms with Gasteiger partial charge in [0, 0.05) is 11.6 Å². The lowest BCUT2D eigenvalue weighted by molar-refractivity contribution is 0.198. The van der Waals surface area contributed by atoms with Crippen LogP contribution in [0, 0.1) is 5.41 Å². The SMILES string of the molecule is CN.COc1ccc(-c2ccccc2)c(OCC(C)(C)C)c1. The molecule has 0 saturated carbocycles. The summed E-state index contributed by atoms with van der Waals surface area (Å²) in [6.07, 6.45) is 0. The highest BCUT2D eigenvalue weighted by Gasteiger charge is 2.14. The van der Waals surface area contributed by atoms with Gasteiger partial charge in [0.1, 0.15) is 11.5 Å². The van der Waals surface area contributed by atoms with Gasteiger partial charge < -0.3 is 15.2 Å². The Balaban J connectivity index is 0.00000116. The van der Waals surface area contributed by atoms with Crippen molar-refractivity contribution in [3.63, 3.8) is 0 Å². The Morgan fingerprint density at radius 2 is 1.59 bits per heavy atom. The summed E-state index contributed by atoms with van der Waals surface area (Å²) >= 11 is 0. The van der Waals surface area contributed by atoms with E-state index in [0.29, 0.717) is 6.61 Å². The molecule has 3 nitrogen and oxygen atoms in total. The van der Waals surface area contributed by atoms with E-state index in [1.165, 1.54) is 7.05 Å². The van der Waals surface area contributed by atoms with Crippen molar-refractivity contribution < 1.29 is 9.47 Å². The highest BCUT2D eigenvalue weighted by Crippen LogP contribution is 2.34. The molecular formula is C19H27NO2. The first kappa shape index (κ1) is 18.1. The Morgan fingerprint density at radius 1 is 0.955 bits per heavy atom. The normalized spacial score (nSPS) is 10.5. The van der Waals surface area contributed by atoms with Crippen molar-refractivity contribution in [3.05, 3.63) is 48.5 Å². The Kier molecular flexibility index (Phi) is 6.93. The van der Waals surface area contributed by atoms with Gasteiger partial charge in [-0.3, -0.25) is 0 Å². The summed E-state index contributed by atoms with van der Waals surface area (Å²) in [5.74, 6) is 1.68. The molecule has 0 bridgehead atoms. The third-order valence-electron chi connectivity index (χ3n) is 2.93. The van der Waals surface area contributed by atoms with E-state index in [-0.39, 0.29) is 5.41 Å². The monoisotopic (exact) mass is 301 g/mol. The van der Waals surface area contributed by atoms with Crippen LogP contribution >= 0.6 is 0 Å². The van der Waals surface area contributed by atoms with Gasteiger partial charge in [-0.2, -0.15) is 0 Å². The maximum absolute atomic E-state index is 6.02. The molecule has 0 aliphatic rings. The van der Waals surface area contributed by atoms with Gasteiger partial charge in [0.25, 0.3) is 0 Å². The molecule has 0 radical (unpaired) electrons. The van der Waals surface area contributed by atoms with Crippen molar-refractivity contribution in [2.24, 2.45) is 11.1 Å². The summed E-state index contributed by atoms with van der Waals surface area (Å²) in [5.41, 5.74) is 6.87. The summed E-state index contributed by atoms with van der Waals surface area (Å²) in [6, 6.07) is 16.2. The van der Waals surface area contributed by atoms with Crippen LogP contribution in [0.15, 0.2) is 48.5 Å². The van der Waals surface area contributed by atoms with Crippen molar-refractivity contribution in [1.82, 2.24) is 0 Å². The van der Waals surface area contributed by atoms with Crippen LogP contribution in [0.2, 0.25) is 0 Å². The van der Waals surface area contributed by atoms with Crippen LogP contribution in [-0.2, 0) is 0 Å². The first-order valence-corrected chi connectivity index (χ1v) is 7.43. The van der Waals surface area contributed by atoms with E-state index < -0.39 is 0 Å². The molecule has 2 N–H and O–H groups in total. The van der Waals surface area contributed by atoms with Crippen LogP contribution in [0.1, 0.15) is 20.8 Å². The molecule has 0 heterocycles. The Labute approximate surface area is 134 Å². The van der Waals surface area contributed by atoms with Gasteiger partial charge in [0.15, 0.2) is 0 Å². The summed E-state index contributed by atoms with van der Waals surface area (Å²) in [5, 5.41) is 0. The number of hydrogen-bond acceptors (Lipinski definition) is 3.